The van der Waals surface area contributed by atoms with Crippen LogP contribution in [0, 0.1) is 0 Å². The molecule has 1 aromatic carbocycles. The number of nitrogen functional groups attached to an aromatic ring is 4. The molecule has 2 amide bonds. The van der Waals surface area contributed by atoms with Gasteiger partial charge in [-0.1, -0.05) is 49.2 Å². The fourth-order valence-corrected chi connectivity index (χ4v) is 8.09. The van der Waals surface area contributed by atoms with Crippen molar-refractivity contribution in [3.05, 3.63) is 56.1 Å². The second-order valence-electron chi connectivity index (χ2n) is 15.2. The summed E-state index contributed by atoms with van der Waals surface area (Å²) >= 11 is 11.9. The van der Waals surface area contributed by atoms with E-state index in [2.05, 4.69) is 81.7 Å². The SMILES string of the molecule is CCc1cc2c(cc1CC)CC(Nc1nc(N3CCC(N=C(N)NC(=O)c4nc(Cl)c(N)nc4N)CC3)nc(N3CCC(N=C(N)NC(=O)c4nc(Cl)c(N)nc4N)CC3)n1)C2. The molecule has 15 N–H and O–H groups in total. The second kappa shape index (κ2) is 18.6. The summed E-state index contributed by atoms with van der Waals surface area (Å²) in [6.45, 7) is 6.67. The highest BCUT2D eigenvalue weighted by Crippen LogP contribution is 2.30. The number of aromatic nitrogens is 7. The first-order chi connectivity index (χ1) is 29.7. The lowest BCUT2D eigenvalue weighted by Gasteiger charge is -2.33. The van der Waals surface area contributed by atoms with Crippen LogP contribution in [0.5, 0.6) is 0 Å². The topological polar surface area (TPSA) is 348 Å². The van der Waals surface area contributed by atoms with Crippen LogP contribution in [0.3, 0.4) is 0 Å². The van der Waals surface area contributed by atoms with Crippen LogP contribution < -0.4 is 60.2 Å². The van der Waals surface area contributed by atoms with E-state index in [1.165, 1.54) is 22.3 Å². The largest absolute Gasteiger partial charge is 0.382 e. The summed E-state index contributed by atoms with van der Waals surface area (Å²) in [5, 5.41) is 8.35. The first-order valence-electron chi connectivity index (χ1n) is 20.3. The Kier molecular flexibility index (Phi) is 13.1. The molecule has 62 heavy (non-hydrogen) atoms. The van der Waals surface area contributed by atoms with Gasteiger partial charge < -0.3 is 49.5 Å². The molecule has 22 nitrogen and oxygen atoms in total. The van der Waals surface area contributed by atoms with E-state index in [-0.39, 0.29) is 75.0 Å². The number of benzene rings is 1. The van der Waals surface area contributed by atoms with E-state index in [1.807, 2.05) is 0 Å². The number of hydrogen-bond donors (Lipinski definition) is 9. The van der Waals surface area contributed by atoms with Crippen molar-refractivity contribution in [3.8, 4) is 0 Å². The molecule has 2 fully saturated rings. The predicted molar refractivity (Wildman–Crippen MR) is 240 cm³/mol. The van der Waals surface area contributed by atoms with Gasteiger partial charge in [0.05, 0.1) is 12.1 Å². The van der Waals surface area contributed by atoms with Crippen LogP contribution in [-0.2, 0) is 25.7 Å². The molecule has 7 rings (SSSR count). The fraction of sp³-hybridized carbons (Fsp3) is 0.447. The van der Waals surface area contributed by atoms with Gasteiger partial charge in [-0.05, 0) is 73.6 Å². The zero-order valence-corrected chi connectivity index (χ0v) is 35.8. The van der Waals surface area contributed by atoms with E-state index in [9.17, 15) is 9.59 Å². The van der Waals surface area contributed by atoms with Crippen LogP contribution in [0.1, 0.15) is 82.8 Å². The molecule has 24 heteroatoms. The molecule has 2 aliphatic heterocycles. The Morgan fingerprint density at radius 2 is 1.05 bits per heavy atom. The van der Waals surface area contributed by atoms with Crippen LogP contribution in [0.15, 0.2) is 22.1 Å². The van der Waals surface area contributed by atoms with E-state index in [1.54, 1.807) is 0 Å². The molecule has 0 saturated carbocycles. The number of nitrogens with one attached hydrogen (secondary N) is 3. The standard InChI is InChI=1S/C38H50Cl2N20O2/c1-3-17-13-19-15-23(16-20(19)14-18(17)4-2)49-36-56-37(59-9-5-21(6-10-59)47-34(45)54-32(61)24-28(41)52-30(43)26(39)50-24)58-38(57-36)60-11-7-22(8-12-60)48-35(46)55-33(62)25-29(42)53-31(44)27(40)51-25/h13-14,21-23H,3-12,15-16H2,1-2H3,(H4,41,43,52)(H4,42,44,53)(H3,45,47,54,61)(H3,46,48,55,62)(H,49,56,57,58). The molecule has 2 saturated heterocycles. The number of aryl methyl sites for hydroxylation is 2. The Morgan fingerprint density at radius 3 is 1.44 bits per heavy atom. The number of hydrogen-bond acceptors (Lipinski definition) is 18. The van der Waals surface area contributed by atoms with Gasteiger partial charge >= 0.3 is 0 Å². The second-order valence-corrected chi connectivity index (χ2v) is 16.0. The number of guanidine groups is 2. The van der Waals surface area contributed by atoms with E-state index in [0.717, 1.165) is 25.7 Å². The first kappa shape index (κ1) is 43.5. The van der Waals surface area contributed by atoms with Crippen molar-refractivity contribution in [3.63, 3.8) is 0 Å². The molecule has 1 aliphatic carbocycles. The summed E-state index contributed by atoms with van der Waals surface area (Å²) in [4.78, 5) is 69.2. The van der Waals surface area contributed by atoms with Crippen LogP contribution in [0.2, 0.25) is 10.3 Å². The number of nitrogens with two attached hydrogens (primary N) is 6. The Morgan fingerprint density at radius 1 is 0.645 bits per heavy atom. The van der Waals surface area contributed by atoms with Gasteiger partial charge in [0, 0.05) is 32.2 Å². The number of anilines is 7. The minimum Gasteiger partial charge on any atom is -0.382 e. The van der Waals surface area contributed by atoms with Crippen molar-refractivity contribution in [1.29, 1.82) is 0 Å². The van der Waals surface area contributed by atoms with Crippen LogP contribution in [0.25, 0.3) is 0 Å². The van der Waals surface area contributed by atoms with Gasteiger partial charge in [0.25, 0.3) is 11.8 Å². The molecule has 0 radical (unpaired) electrons. The average Bonchev–Trinajstić information content (AvgIpc) is 3.63. The lowest BCUT2D eigenvalue weighted by atomic mass is 9.97. The van der Waals surface area contributed by atoms with Gasteiger partial charge in [-0.2, -0.15) is 15.0 Å². The van der Waals surface area contributed by atoms with E-state index in [0.29, 0.717) is 69.7 Å². The minimum atomic E-state index is -0.706. The van der Waals surface area contributed by atoms with Crippen LogP contribution in [0.4, 0.5) is 41.1 Å². The molecule has 0 spiro atoms. The predicted octanol–water partition coefficient (Wildman–Crippen LogP) is 1.22. The number of nitrogens with zero attached hydrogens (tertiary/aromatic N) is 11. The number of aliphatic imine (C=N–C) groups is 2. The third-order valence-electron chi connectivity index (χ3n) is 11.0. The maximum atomic E-state index is 12.8. The first-order valence-corrected chi connectivity index (χ1v) is 21.1. The molecule has 3 aliphatic rings. The van der Waals surface area contributed by atoms with Crippen molar-refractivity contribution in [2.45, 2.75) is 83.3 Å². The van der Waals surface area contributed by atoms with Gasteiger partial charge in [-0.25, -0.2) is 29.9 Å². The highest BCUT2D eigenvalue weighted by Gasteiger charge is 2.29. The number of fused-ring (bicyclic) bond motifs is 1. The van der Waals surface area contributed by atoms with Crippen molar-refractivity contribution < 1.29 is 9.59 Å². The molecule has 3 aromatic heterocycles. The highest BCUT2D eigenvalue weighted by molar-refractivity contribution is 6.32. The molecule has 0 unspecified atom stereocenters. The Bertz CT molecular complexity index is 2260. The maximum absolute atomic E-state index is 12.8. The minimum absolute atomic E-state index is 0.0891. The number of carbonyl (C=O) groups excluding carboxylic acids is 2. The zero-order chi connectivity index (χ0) is 44.2. The highest BCUT2D eigenvalue weighted by atomic mass is 35.5. The van der Waals surface area contributed by atoms with Gasteiger partial charge in [-0.3, -0.25) is 20.2 Å². The fourth-order valence-electron chi connectivity index (χ4n) is 7.83. The summed E-state index contributed by atoms with van der Waals surface area (Å²) < 4.78 is 0. The number of piperidine rings is 2. The molecule has 0 atom stereocenters. The number of rotatable bonds is 10. The number of carbonyl (C=O) groups is 2. The van der Waals surface area contributed by atoms with Crippen molar-refractivity contribution in [2.75, 3.05) is 64.2 Å². The Labute approximate surface area is 367 Å². The maximum Gasteiger partial charge on any atom is 0.280 e. The van der Waals surface area contributed by atoms with Gasteiger partial charge in [0.2, 0.25) is 17.8 Å². The lowest BCUT2D eigenvalue weighted by molar-refractivity contribution is 0.0963. The molecule has 5 heterocycles. The third kappa shape index (κ3) is 9.97. The van der Waals surface area contributed by atoms with Crippen LogP contribution in [-0.4, -0.2) is 103 Å². The van der Waals surface area contributed by atoms with Gasteiger partial charge in [0.15, 0.2) is 56.9 Å². The van der Waals surface area contributed by atoms with E-state index < -0.39 is 11.8 Å². The summed E-state index contributed by atoms with van der Waals surface area (Å²) in [7, 11) is 0. The zero-order valence-electron chi connectivity index (χ0n) is 34.3. The van der Waals surface area contributed by atoms with E-state index >= 15 is 0 Å². The van der Waals surface area contributed by atoms with Gasteiger partial charge in [-0.15, -0.1) is 0 Å². The molecular weight excluding hydrogens is 839 g/mol. The molecule has 328 valence electrons. The summed E-state index contributed by atoms with van der Waals surface area (Å²) in [6, 6.07) is 4.44. The van der Waals surface area contributed by atoms with Crippen molar-refractivity contribution in [2.24, 2.45) is 21.5 Å². The average molecular weight is 890 g/mol. The normalized spacial score (nSPS) is 16.6. The third-order valence-corrected chi connectivity index (χ3v) is 11.6. The summed E-state index contributed by atoms with van der Waals surface area (Å²) in [5.74, 6) is -0.581. The van der Waals surface area contributed by atoms with E-state index in [4.69, 9.17) is 72.6 Å². The van der Waals surface area contributed by atoms with Crippen LogP contribution >= 0.6 is 23.2 Å². The lowest BCUT2D eigenvalue weighted by Crippen LogP contribution is -2.42. The number of halogens is 2. The quantitative estimate of drug-likeness (QED) is 0.0798. The Balaban J connectivity index is 1.03. The summed E-state index contributed by atoms with van der Waals surface area (Å²) in [6.07, 6.45) is 6.15. The van der Waals surface area contributed by atoms with Crippen molar-refractivity contribution in [1.82, 2.24) is 45.5 Å². The number of amides is 2. The van der Waals surface area contributed by atoms with Crippen molar-refractivity contribution >= 4 is 88.1 Å². The smallest absolute Gasteiger partial charge is 0.280 e. The molecule has 0 bridgehead atoms. The summed E-state index contributed by atoms with van der Waals surface area (Å²) in [5.41, 5.74) is 40.2. The molecule has 4 aromatic rings. The molecular formula is C38H50Cl2N20O2. The Hall–Kier alpha value is -6.55. The monoisotopic (exact) mass is 888 g/mol. The van der Waals surface area contributed by atoms with Gasteiger partial charge in [0.1, 0.15) is 0 Å².